The van der Waals surface area contributed by atoms with Crippen LogP contribution in [0.4, 0.5) is 0 Å². The molecule has 528 valence electrons. The quantitative estimate of drug-likeness (QED) is 0.0222. The molecule has 0 saturated heterocycles. The first kappa shape index (κ1) is 87.1. The molecule has 0 heterocycles. The van der Waals surface area contributed by atoms with Gasteiger partial charge in [0.05, 0.1) is 26.4 Å². The topological polar surface area (TPSA) is 237 Å². The number of aliphatic hydroxyl groups excluding tert-OH is 1. The van der Waals surface area contributed by atoms with Crippen LogP contribution in [0, 0.1) is 11.8 Å². The van der Waals surface area contributed by atoms with Gasteiger partial charge in [0.2, 0.25) is 0 Å². The van der Waals surface area contributed by atoms with Crippen LogP contribution in [0.5, 0.6) is 0 Å². The normalized spacial score (nSPS) is 14.4. The van der Waals surface area contributed by atoms with E-state index in [2.05, 4.69) is 41.5 Å². The van der Waals surface area contributed by atoms with Crippen LogP contribution in [-0.2, 0) is 65.4 Å². The lowest BCUT2D eigenvalue weighted by Gasteiger charge is -2.21. The number of aliphatic hydroxyl groups is 1. The van der Waals surface area contributed by atoms with Crippen LogP contribution >= 0.6 is 15.6 Å². The highest BCUT2D eigenvalue weighted by atomic mass is 31.2. The van der Waals surface area contributed by atoms with Crippen LogP contribution in [-0.4, -0.2) is 96.7 Å². The van der Waals surface area contributed by atoms with Gasteiger partial charge in [-0.2, -0.15) is 0 Å². The summed E-state index contributed by atoms with van der Waals surface area (Å²) < 4.78 is 68.3. The van der Waals surface area contributed by atoms with E-state index in [-0.39, 0.29) is 25.7 Å². The van der Waals surface area contributed by atoms with E-state index in [0.717, 1.165) is 102 Å². The molecule has 0 saturated carbocycles. The van der Waals surface area contributed by atoms with E-state index in [1.807, 2.05) is 0 Å². The van der Waals surface area contributed by atoms with Gasteiger partial charge in [-0.25, -0.2) is 9.13 Å². The van der Waals surface area contributed by atoms with E-state index < -0.39 is 97.5 Å². The zero-order valence-electron chi connectivity index (χ0n) is 57.7. The van der Waals surface area contributed by atoms with Crippen molar-refractivity contribution in [3.8, 4) is 0 Å². The third-order valence-corrected chi connectivity index (χ3v) is 18.5. The number of carbonyl (C=O) groups excluding carboxylic acids is 4. The van der Waals surface area contributed by atoms with Crippen LogP contribution in [0.2, 0.25) is 0 Å². The lowest BCUT2D eigenvalue weighted by atomic mass is 9.99. The average molecular weight is 1310 g/mol. The van der Waals surface area contributed by atoms with Crippen LogP contribution in [0.25, 0.3) is 0 Å². The van der Waals surface area contributed by atoms with Gasteiger partial charge in [0.25, 0.3) is 0 Å². The second-order valence-electron chi connectivity index (χ2n) is 26.0. The molecule has 0 aliphatic heterocycles. The van der Waals surface area contributed by atoms with Gasteiger partial charge in [0, 0.05) is 25.7 Å². The van der Waals surface area contributed by atoms with Crippen LogP contribution in [0.15, 0.2) is 0 Å². The SMILES string of the molecule is CCCCCCCCCCCCC(=O)OC[C@H](COP(=O)(O)OC[C@H](O)COP(=O)(O)OC[C@@H](COC(=O)CCCCCCCCCCCCC(C)CC)OC(=O)CCCCCCCCCCCCCCC(C)C)OC(=O)CCCCCCCCCCCC. The number of phosphoric acid groups is 2. The first-order valence-corrected chi connectivity index (χ1v) is 39.5. The second kappa shape index (κ2) is 62.2. The summed E-state index contributed by atoms with van der Waals surface area (Å²) in [6.07, 6.45) is 47.0. The molecule has 0 fully saturated rings. The van der Waals surface area contributed by atoms with Gasteiger partial charge < -0.3 is 33.8 Å². The largest absolute Gasteiger partial charge is 0.472 e. The van der Waals surface area contributed by atoms with Gasteiger partial charge in [-0.05, 0) is 37.5 Å². The van der Waals surface area contributed by atoms with Gasteiger partial charge in [0.1, 0.15) is 19.3 Å². The number of esters is 4. The van der Waals surface area contributed by atoms with Crippen molar-refractivity contribution < 1.29 is 80.2 Å². The van der Waals surface area contributed by atoms with Gasteiger partial charge in [-0.1, -0.05) is 305 Å². The fraction of sp³-hybridized carbons (Fsp3) is 0.943. The Labute approximate surface area is 543 Å². The van der Waals surface area contributed by atoms with Crippen LogP contribution in [0.1, 0.15) is 356 Å². The second-order valence-corrected chi connectivity index (χ2v) is 28.9. The molecular formula is C70H136O17P2. The van der Waals surface area contributed by atoms with Crippen molar-refractivity contribution in [2.24, 2.45) is 11.8 Å². The number of unbranched alkanes of at least 4 members (excludes halogenated alkanes) is 38. The molecule has 17 nitrogen and oxygen atoms in total. The Morgan fingerprint density at radius 2 is 0.573 bits per heavy atom. The summed E-state index contributed by atoms with van der Waals surface area (Å²) in [5, 5.41) is 10.6. The number of hydrogen-bond acceptors (Lipinski definition) is 15. The molecular weight excluding hydrogens is 1170 g/mol. The summed E-state index contributed by atoms with van der Waals surface area (Å²) in [4.78, 5) is 72.5. The zero-order valence-corrected chi connectivity index (χ0v) is 59.5. The summed E-state index contributed by atoms with van der Waals surface area (Å²) in [7, 11) is -9.90. The number of hydrogen-bond donors (Lipinski definition) is 3. The molecule has 89 heavy (non-hydrogen) atoms. The van der Waals surface area contributed by atoms with Crippen molar-refractivity contribution >= 4 is 39.5 Å². The van der Waals surface area contributed by atoms with E-state index in [1.165, 1.54) is 173 Å². The van der Waals surface area contributed by atoms with E-state index in [1.54, 1.807) is 0 Å². The monoisotopic (exact) mass is 1310 g/mol. The number of phosphoric ester groups is 2. The summed E-state index contributed by atoms with van der Waals surface area (Å²) in [5.41, 5.74) is 0. The third-order valence-electron chi connectivity index (χ3n) is 16.6. The zero-order chi connectivity index (χ0) is 65.7. The molecule has 6 atom stereocenters. The molecule has 19 heteroatoms. The summed E-state index contributed by atoms with van der Waals surface area (Å²) in [6.45, 7) is 9.57. The predicted octanol–water partition coefficient (Wildman–Crippen LogP) is 20.0. The molecule has 0 aromatic carbocycles. The fourth-order valence-corrected chi connectivity index (χ4v) is 12.1. The Kier molecular flexibility index (Phi) is 60.8. The summed E-state index contributed by atoms with van der Waals surface area (Å²) >= 11 is 0. The lowest BCUT2D eigenvalue weighted by molar-refractivity contribution is -0.161. The fourth-order valence-electron chi connectivity index (χ4n) is 10.6. The minimum atomic E-state index is -4.95. The molecule has 0 radical (unpaired) electrons. The molecule has 3 unspecified atom stereocenters. The molecule has 0 rings (SSSR count). The number of ether oxygens (including phenoxy) is 4. The number of carbonyl (C=O) groups is 4. The molecule has 0 aromatic heterocycles. The van der Waals surface area contributed by atoms with Gasteiger partial charge in [0.15, 0.2) is 12.2 Å². The van der Waals surface area contributed by atoms with Crippen molar-refractivity contribution in [1.29, 1.82) is 0 Å². The van der Waals surface area contributed by atoms with Gasteiger partial charge >= 0.3 is 39.5 Å². The Morgan fingerprint density at radius 3 is 0.854 bits per heavy atom. The molecule has 0 spiro atoms. The Bertz CT molecular complexity index is 1740. The standard InChI is InChI=1S/C70H136O17P2/c1-7-10-12-14-16-18-28-34-40-46-52-67(72)80-58-65(86-69(74)54-48-42-36-29-19-17-15-13-11-8-2)60-84-88(76,77)82-56-64(71)57-83-89(78,79)85-61-66(59-81-68(73)53-47-41-35-30-25-24-27-33-39-45-51-63(6)9-3)87-70(75)55-49-43-37-31-23-21-20-22-26-32-38-44-50-62(4)5/h62-66,71H,7-61H2,1-6H3,(H,76,77)(H,78,79)/t63?,64-,65+,66+/m0/s1. The summed E-state index contributed by atoms with van der Waals surface area (Å²) in [6, 6.07) is 0. The highest BCUT2D eigenvalue weighted by molar-refractivity contribution is 7.47. The Morgan fingerprint density at radius 1 is 0.326 bits per heavy atom. The predicted molar refractivity (Wildman–Crippen MR) is 358 cm³/mol. The molecule has 3 N–H and O–H groups in total. The number of rotatable bonds is 69. The maximum atomic E-state index is 13.0. The van der Waals surface area contributed by atoms with Crippen molar-refractivity contribution in [2.45, 2.75) is 374 Å². The average Bonchev–Trinajstić information content (AvgIpc) is 3.72. The molecule has 0 aliphatic rings. The molecule has 0 aliphatic carbocycles. The van der Waals surface area contributed by atoms with Gasteiger partial charge in [-0.15, -0.1) is 0 Å². The van der Waals surface area contributed by atoms with E-state index >= 15 is 0 Å². The molecule has 0 aromatic rings. The Balaban J connectivity index is 5.24. The maximum absolute atomic E-state index is 13.0. The van der Waals surface area contributed by atoms with E-state index in [9.17, 15) is 43.2 Å². The molecule has 0 amide bonds. The van der Waals surface area contributed by atoms with Gasteiger partial charge in [-0.3, -0.25) is 37.3 Å². The maximum Gasteiger partial charge on any atom is 0.472 e. The summed E-state index contributed by atoms with van der Waals surface area (Å²) in [5.74, 6) is -0.537. The third kappa shape index (κ3) is 63.2. The van der Waals surface area contributed by atoms with Crippen LogP contribution in [0.3, 0.4) is 0 Å². The van der Waals surface area contributed by atoms with E-state index in [4.69, 9.17) is 37.0 Å². The Hall–Kier alpha value is -1.94. The van der Waals surface area contributed by atoms with Crippen molar-refractivity contribution in [2.75, 3.05) is 39.6 Å². The highest BCUT2D eigenvalue weighted by Crippen LogP contribution is 2.45. The van der Waals surface area contributed by atoms with Crippen molar-refractivity contribution in [1.82, 2.24) is 0 Å². The molecule has 0 bridgehead atoms. The van der Waals surface area contributed by atoms with E-state index in [0.29, 0.717) is 25.7 Å². The van der Waals surface area contributed by atoms with Crippen molar-refractivity contribution in [3.63, 3.8) is 0 Å². The minimum Gasteiger partial charge on any atom is -0.462 e. The van der Waals surface area contributed by atoms with Crippen molar-refractivity contribution in [3.05, 3.63) is 0 Å². The minimum absolute atomic E-state index is 0.106. The smallest absolute Gasteiger partial charge is 0.462 e. The lowest BCUT2D eigenvalue weighted by Crippen LogP contribution is -2.30. The highest BCUT2D eigenvalue weighted by Gasteiger charge is 2.30. The first-order chi connectivity index (χ1) is 42.9. The first-order valence-electron chi connectivity index (χ1n) is 36.5. The van der Waals surface area contributed by atoms with Crippen LogP contribution < -0.4 is 0 Å².